The van der Waals surface area contributed by atoms with Crippen molar-refractivity contribution >= 4 is 22.2 Å². The summed E-state index contributed by atoms with van der Waals surface area (Å²) in [5.74, 6) is -0.273. The van der Waals surface area contributed by atoms with Crippen LogP contribution in [0.3, 0.4) is 0 Å². The zero-order valence-electron chi connectivity index (χ0n) is 7.30. The minimum Gasteiger partial charge on any atom is -0.394 e. The van der Waals surface area contributed by atoms with Crippen molar-refractivity contribution in [3.63, 3.8) is 0 Å². The smallest absolute Gasteiger partial charge is 0.246 e. The number of nitrogens with two attached hydrogens (primary N) is 1. The number of rotatable bonds is 3. The topological polar surface area (TPSA) is 66.6 Å². The zero-order chi connectivity index (χ0) is 9.84. The van der Waals surface area contributed by atoms with Crippen molar-refractivity contribution in [2.24, 2.45) is 5.73 Å². The largest absolute Gasteiger partial charge is 0.394 e. The van der Waals surface area contributed by atoms with Crippen LogP contribution in [0.1, 0.15) is 0 Å². The Hall–Kier alpha value is -0.910. The predicted molar refractivity (Wildman–Crippen MR) is 52.8 cm³/mol. The van der Waals surface area contributed by atoms with Crippen molar-refractivity contribution in [1.82, 2.24) is 0 Å². The van der Waals surface area contributed by atoms with Gasteiger partial charge in [0, 0.05) is 7.05 Å². The summed E-state index contributed by atoms with van der Waals surface area (Å²) >= 11 is 1.46. The van der Waals surface area contributed by atoms with Crippen molar-refractivity contribution in [2.45, 2.75) is 6.04 Å². The molecule has 0 aromatic carbocycles. The van der Waals surface area contributed by atoms with E-state index < -0.39 is 6.04 Å². The van der Waals surface area contributed by atoms with Crippen LogP contribution in [0, 0.1) is 0 Å². The highest BCUT2D eigenvalue weighted by Gasteiger charge is 2.18. The van der Waals surface area contributed by atoms with Crippen molar-refractivity contribution in [2.75, 3.05) is 18.6 Å². The van der Waals surface area contributed by atoms with Gasteiger partial charge in [-0.3, -0.25) is 4.79 Å². The number of thiophene rings is 1. The molecule has 0 radical (unpaired) electrons. The normalized spacial score (nSPS) is 12.5. The second-order valence-electron chi connectivity index (χ2n) is 2.64. The molecule has 1 aromatic heterocycles. The third-order valence-electron chi connectivity index (χ3n) is 1.68. The van der Waals surface area contributed by atoms with Crippen LogP contribution in [-0.4, -0.2) is 30.7 Å². The number of hydrogen-bond acceptors (Lipinski definition) is 4. The number of aliphatic hydroxyl groups excluding tert-OH is 1. The molecule has 0 aliphatic carbocycles. The standard InChI is InChI=1S/C8H12N2O2S/c1-10(7-3-2-4-13-7)8(12)6(9)5-11/h2-4,6,11H,5,9H2,1H3. The molecule has 0 saturated carbocycles. The molecule has 0 fully saturated rings. The Bertz CT molecular complexity index is 274. The van der Waals surface area contributed by atoms with E-state index >= 15 is 0 Å². The maximum atomic E-state index is 11.4. The minimum atomic E-state index is -0.827. The lowest BCUT2D eigenvalue weighted by molar-refractivity contribution is -0.120. The summed E-state index contributed by atoms with van der Waals surface area (Å²) in [6.45, 7) is -0.325. The first-order valence-corrected chi connectivity index (χ1v) is 4.72. The first-order chi connectivity index (χ1) is 6.16. The lowest BCUT2D eigenvalue weighted by Gasteiger charge is -2.18. The van der Waals surface area contributed by atoms with Gasteiger partial charge in [-0.15, -0.1) is 11.3 Å². The number of likely N-dealkylation sites (N-methyl/N-ethyl adjacent to an activating group) is 1. The van der Waals surface area contributed by atoms with Crippen LogP contribution in [-0.2, 0) is 4.79 Å². The average Bonchev–Trinajstić information content (AvgIpc) is 2.67. The molecular formula is C8H12N2O2S. The quantitative estimate of drug-likeness (QED) is 0.723. The summed E-state index contributed by atoms with van der Waals surface area (Å²) in [5, 5.41) is 11.4. The molecule has 1 heterocycles. The van der Waals surface area contributed by atoms with Gasteiger partial charge in [0.15, 0.2) is 0 Å². The summed E-state index contributed by atoms with van der Waals surface area (Å²) < 4.78 is 0. The molecule has 4 nitrogen and oxygen atoms in total. The maximum absolute atomic E-state index is 11.4. The van der Waals surface area contributed by atoms with Crippen LogP contribution in [0.4, 0.5) is 5.00 Å². The van der Waals surface area contributed by atoms with E-state index in [1.54, 1.807) is 7.05 Å². The molecule has 1 atom stereocenters. The number of amides is 1. The van der Waals surface area contributed by atoms with Crippen LogP contribution < -0.4 is 10.6 Å². The number of carbonyl (C=O) groups excluding carboxylic acids is 1. The molecule has 0 bridgehead atoms. The summed E-state index contributed by atoms with van der Waals surface area (Å²) in [6.07, 6.45) is 0. The highest BCUT2D eigenvalue weighted by atomic mass is 32.1. The van der Waals surface area contributed by atoms with Crippen molar-refractivity contribution in [3.05, 3.63) is 17.5 Å². The van der Waals surface area contributed by atoms with Crippen molar-refractivity contribution in [1.29, 1.82) is 0 Å². The Morgan fingerprint density at radius 3 is 3.00 bits per heavy atom. The fourth-order valence-corrected chi connectivity index (χ4v) is 1.60. The van der Waals surface area contributed by atoms with Gasteiger partial charge in [-0.25, -0.2) is 0 Å². The molecule has 0 saturated heterocycles. The molecule has 0 aliphatic heterocycles. The Balaban J connectivity index is 2.68. The van der Waals surface area contributed by atoms with E-state index in [0.29, 0.717) is 0 Å². The molecule has 1 unspecified atom stereocenters. The molecule has 1 aromatic rings. The van der Waals surface area contributed by atoms with E-state index in [1.807, 2.05) is 17.5 Å². The van der Waals surface area contributed by atoms with Gasteiger partial charge in [-0.1, -0.05) is 0 Å². The summed E-state index contributed by atoms with van der Waals surface area (Å²) in [4.78, 5) is 12.9. The lowest BCUT2D eigenvalue weighted by atomic mass is 10.3. The van der Waals surface area contributed by atoms with E-state index in [-0.39, 0.29) is 12.5 Å². The van der Waals surface area contributed by atoms with E-state index in [4.69, 9.17) is 10.8 Å². The number of nitrogens with zero attached hydrogens (tertiary/aromatic N) is 1. The van der Waals surface area contributed by atoms with Gasteiger partial charge in [-0.05, 0) is 17.5 Å². The third kappa shape index (κ3) is 2.27. The van der Waals surface area contributed by atoms with Gasteiger partial charge < -0.3 is 15.7 Å². The molecule has 13 heavy (non-hydrogen) atoms. The predicted octanol–water partition coefficient (Wildman–Crippen LogP) is 0.0305. The molecule has 0 spiro atoms. The van der Waals surface area contributed by atoms with Crippen LogP contribution in [0.15, 0.2) is 17.5 Å². The summed E-state index contributed by atoms with van der Waals surface area (Å²) in [5.41, 5.74) is 5.39. The first-order valence-electron chi connectivity index (χ1n) is 3.84. The first kappa shape index (κ1) is 10.2. The molecule has 1 rings (SSSR count). The lowest BCUT2D eigenvalue weighted by Crippen LogP contribution is -2.43. The maximum Gasteiger partial charge on any atom is 0.246 e. The Kier molecular flexibility index (Phi) is 3.41. The molecule has 5 heteroatoms. The van der Waals surface area contributed by atoms with Crippen molar-refractivity contribution < 1.29 is 9.90 Å². The Morgan fingerprint density at radius 2 is 2.54 bits per heavy atom. The van der Waals surface area contributed by atoms with Gasteiger partial charge in [0.25, 0.3) is 0 Å². The van der Waals surface area contributed by atoms with E-state index in [1.165, 1.54) is 16.2 Å². The SMILES string of the molecule is CN(C(=O)C(N)CO)c1cccs1. The number of aliphatic hydroxyl groups is 1. The molecule has 72 valence electrons. The molecule has 0 aliphatic rings. The second kappa shape index (κ2) is 4.36. The Morgan fingerprint density at radius 1 is 1.85 bits per heavy atom. The summed E-state index contributed by atoms with van der Waals surface area (Å²) in [7, 11) is 1.64. The fourth-order valence-electron chi connectivity index (χ4n) is 0.896. The number of carbonyl (C=O) groups is 1. The molecule has 3 N–H and O–H groups in total. The van der Waals surface area contributed by atoms with Gasteiger partial charge in [0.2, 0.25) is 5.91 Å². The highest BCUT2D eigenvalue weighted by Crippen LogP contribution is 2.19. The monoisotopic (exact) mass is 200 g/mol. The van der Waals surface area contributed by atoms with Gasteiger partial charge in [0.1, 0.15) is 6.04 Å². The number of anilines is 1. The fraction of sp³-hybridized carbons (Fsp3) is 0.375. The van der Waals surface area contributed by atoms with Crippen LogP contribution in [0.25, 0.3) is 0 Å². The highest BCUT2D eigenvalue weighted by molar-refractivity contribution is 7.14. The van der Waals surface area contributed by atoms with E-state index in [2.05, 4.69) is 0 Å². The van der Waals surface area contributed by atoms with E-state index in [9.17, 15) is 4.79 Å². The third-order valence-corrected chi connectivity index (χ3v) is 2.63. The van der Waals surface area contributed by atoms with Gasteiger partial charge >= 0.3 is 0 Å². The molecular weight excluding hydrogens is 188 g/mol. The van der Waals surface area contributed by atoms with Gasteiger partial charge in [-0.2, -0.15) is 0 Å². The van der Waals surface area contributed by atoms with Crippen LogP contribution in [0.2, 0.25) is 0 Å². The van der Waals surface area contributed by atoms with Crippen molar-refractivity contribution in [3.8, 4) is 0 Å². The average molecular weight is 200 g/mol. The minimum absolute atomic E-state index is 0.273. The van der Waals surface area contributed by atoms with Crippen LogP contribution in [0.5, 0.6) is 0 Å². The summed E-state index contributed by atoms with van der Waals surface area (Å²) in [6, 6.07) is 2.85. The van der Waals surface area contributed by atoms with Crippen LogP contribution >= 0.6 is 11.3 Å². The second-order valence-corrected chi connectivity index (χ2v) is 3.56. The van der Waals surface area contributed by atoms with Gasteiger partial charge in [0.05, 0.1) is 11.6 Å². The number of hydrogen-bond donors (Lipinski definition) is 2. The van der Waals surface area contributed by atoms with E-state index in [0.717, 1.165) is 5.00 Å². The Labute approximate surface area is 80.6 Å². The molecule has 1 amide bonds. The zero-order valence-corrected chi connectivity index (χ0v) is 8.12.